The maximum atomic E-state index is 11.0. The number of aromatic carboxylic acids is 1. The lowest BCUT2D eigenvalue weighted by molar-refractivity contribution is 0.0702. The molecular formula is C13H8N6O2S. The highest BCUT2D eigenvalue weighted by Gasteiger charge is 2.09. The standard InChI is InChI=1S/C13H8N6O2S/c14-5-8(12-16-18-19-17-12)6-15-9-1-2-10-7(3-9)4-11(22-10)13(20)21/h1-4,6,15H,(H,20,21)(H,16,17,18,19). The number of aromatic nitrogens is 4. The molecule has 2 heterocycles. The van der Waals surface area contributed by atoms with E-state index < -0.39 is 5.97 Å². The highest BCUT2D eigenvalue weighted by molar-refractivity contribution is 7.20. The Balaban J connectivity index is 1.88. The molecule has 108 valence electrons. The molecule has 9 heteroatoms. The lowest BCUT2D eigenvalue weighted by Crippen LogP contribution is -1.92. The summed E-state index contributed by atoms with van der Waals surface area (Å²) in [5, 5.41) is 35.0. The minimum atomic E-state index is -0.945. The zero-order valence-corrected chi connectivity index (χ0v) is 11.8. The van der Waals surface area contributed by atoms with Gasteiger partial charge in [-0.05, 0) is 34.9 Å². The number of anilines is 1. The monoisotopic (exact) mass is 312 g/mol. The van der Waals surface area contributed by atoms with E-state index in [9.17, 15) is 4.79 Å². The first kappa shape index (κ1) is 13.7. The Morgan fingerprint density at radius 1 is 1.45 bits per heavy atom. The van der Waals surface area contributed by atoms with Gasteiger partial charge >= 0.3 is 5.97 Å². The van der Waals surface area contributed by atoms with E-state index in [2.05, 4.69) is 25.9 Å². The Bertz CT molecular complexity index is 906. The van der Waals surface area contributed by atoms with Gasteiger partial charge in [-0.2, -0.15) is 10.5 Å². The molecule has 0 aliphatic rings. The highest BCUT2D eigenvalue weighted by atomic mass is 32.1. The van der Waals surface area contributed by atoms with Crippen LogP contribution in [-0.4, -0.2) is 31.7 Å². The molecule has 1 aromatic carbocycles. The van der Waals surface area contributed by atoms with Gasteiger partial charge in [-0.1, -0.05) is 0 Å². The van der Waals surface area contributed by atoms with Crippen molar-refractivity contribution in [3.63, 3.8) is 0 Å². The second kappa shape index (κ2) is 5.63. The number of fused-ring (bicyclic) bond motifs is 1. The van der Waals surface area contributed by atoms with Crippen molar-refractivity contribution in [1.82, 2.24) is 20.6 Å². The minimum absolute atomic E-state index is 0.194. The van der Waals surface area contributed by atoms with Gasteiger partial charge < -0.3 is 10.4 Å². The molecule has 0 atom stereocenters. The topological polar surface area (TPSA) is 128 Å². The zero-order chi connectivity index (χ0) is 15.5. The maximum absolute atomic E-state index is 11.0. The van der Waals surface area contributed by atoms with Crippen molar-refractivity contribution < 1.29 is 9.90 Å². The Morgan fingerprint density at radius 2 is 2.32 bits per heavy atom. The van der Waals surface area contributed by atoms with Gasteiger partial charge in [0.2, 0.25) is 5.82 Å². The van der Waals surface area contributed by atoms with Crippen LogP contribution in [0.25, 0.3) is 15.7 Å². The summed E-state index contributed by atoms with van der Waals surface area (Å²) in [7, 11) is 0. The van der Waals surface area contributed by atoms with Crippen LogP contribution in [0.1, 0.15) is 15.5 Å². The minimum Gasteiger partial charge on any atom is -0.477 e. The lowest BCUT2D eigenvalue weighted by Gasteiger charge is -2.01. The van der Waals surface area contributed by atoms with Crippen molar-refractivity contribution in [3.05, 3.63) is 41.2 Å². The van der Waals surface area contributed by atoms with E-state index in [1.165, 1.54) is 17.5 Å². The van der Waals surface area contributed by atoms with E-state index in [1.807, 2.05) is 12.1 Å². The number of carboxylic acids is 1. The number of benzene rings is 1. The lowest BCUT2D eigenvalue weighted by atomic mass is 10.2. The van der Waals surface area contributed by atoms with Crippen LogP contribution in [0, 0.1) is 11.3 Å². The normalized spacial score (nSPS) is 11.3. The van der Waals surface area contributed by atoms with Crippen LogP contribution in [0.4, 0.5) is 5.69 Å². The number of hydrogen-bond donors (Lipinski definition) is 3. The summed E-state index contributed by atoms with van der Waals surface area (Å²) in [4.78, 5) is 11.3. The molecule has 0 spiro atoms. The molecule has 0 saturated carbocycles. The van der Waals surface area contributed by atoms with Gasteiger partial charge in [0.25, 0.3) is 0 Å². The first-order valence-corrected chi connectivity index (χ1v) is 6.86. The molecular weight excluding hydrogens is 304 g/mol. The summed E-state index contributed by atoms with van der Waals surface area (Å²) in [6, 6.07) is 9.01. The van der Waals surface area contributed by atoms with Crippen LogP contribution in [0.5, 0.6) is 0 Å². The molecule has 22 heavy (non-hydrogen) atoms. The fraction of sp³-hybridized carbons (Fsp3) is 0. The molecule has 3 N–H and O–H groups in total. The molecule has 0 fully saturated rings. The molecule has 2 aromatic heterocycles. The molecule has 3 aromatic rings. The average molecular weight is 312 g/mol. The van der Waals surface area contributed by atoms with Crippen LogP contribution < -0.4 is 5.32 Å². The molecule has 8 nitrogen and oxygen atoms in total. The fourth-order valence-corrected chi connectivity index (χ4v) is 2.70. The summed E-state index contributed by atoms with van der Waals surface area (Å²) in [6.07, 6.45) is 1.47. The molecule has 0 bridgehead atoms. The third kappa shape index (κ3) is 2.63. The Morgan fingerprint density at radius 3 is 3.00 bits per heavy atom. The van der Waals surface area contributed by atoms with E-state index in [0.29, 0.717) is 0 Å². The SMILES string of the molecule is N#CC(=CNc1ccc2sc(C(=O)O)cc2c1)c1nn[nH]n1. The number of allylic oxidation sites excluding steroid dienone is 1. The number of nitrogens with one attached hydrogen (secondary N) is 2. The van der Waals surface area contributed by atoms with Gasteiger partial charge in [0.05, 0.1) is 0 Å². The third-order valence-electron chi connectivity index (χ3n) is 2.82. The highest BCUT2D eigenvalue weighted by Crippen LogP contribution is 2.28. The number of aromatic amines is 1. The summed E-state index contributed by atoms with van der Waals surface area (Å²) < 4.78 is 0.880. The number of nitriles is 1. The maximum Gasteiger partial charge on any atom is 0.345 e. The number of hydrogen-bond acceptors (Lipinski definition) is 7. The average Bonchev–Trinajstić information content (AvgIpc) is 3.16. The fourth-order valence-electron chi connectivity index (χ4n) is 1.82. The van der Waals surface area contributed by atoms with Crippen LogP contribution in [0.15, 0.2) is 30.5 Å². The number of tetrazole rings is 1. The van der Waals surface area contributed by atoms with E-state index in [0.717, 1.165) is 15.8 Å². The molecule has 0 saturated heterocycles. The quantitative estimate of drug-likeness (QED) is 0.629. The second-order valence-electron chi connectivity index (χ2n) is 4.22. The largest absolute Gasteiger partial charge is 0.477 e. The van der Waals surface area contributed by atoms with E-state index in [4.69, 9.17) is 10.4 Å². The van der Waals surface area contributed by atoms with Crippen LogP contribution in [0.3, 0.4) is 0 Å². The van der Waals surface area contributed by atoms with Crippen molar-refractivity contribution in [3.8, 4) is 6.07 Å². The van der Waals surface area contributed by atoms with Gasteiger partial charge in [0.1, 0.15) is 16.5 Å². The third-order valence-corrected chi connectivity index (χ3v) is 3.92. The van der Waals surface area contributed by atoms with Crippen molar-refractivity contribution in [1.29, 1.82) is 5.26 Å². The van der Waals surface area contributed by atoms with Crippen LogP contribution >= 0.6 is 11.3 Å². The van der Waals surface area contributed by atoms with Gasteiger partial charge in [-0.3, -0.25) is 0 Å². The molecule has 0 amide bonds. The molecule has 0 radical (unpaired) electrons. The summed E-state index contributed by atoms with van der Waals surface area (Å²) in [5.74, 6) is -0.751. The van der Waals surface area contributed by atoms with Crippen molar-refractivity contribution in [2.45, 2.75) is 0 Å². The molecule has 0 aliphatic heterocycles. The van der Waals surface area contributed by atoms with Crippen molar-refractivity contribution in [2.24, 2.45) is 0 Å². The van der Waals surface area contributed by atoms with Crippen molar-refractivity contribution in [2.75, 3.05) is 5.32 Å². The number of nitrogens with zero attached hydrogens (tertiary/aromatic N) is 4. The summed E-state index contributed by atoms with van der Waals surface area (Å²) in [6.45, 7) is 0. The number of rotatable bonds is 4. The van der Waals surface area contributed by atoms with Gasteiger partial charge in [-0.15, -0.1) is 21.5 Å². The predicted molar refractivity (Wildman–Crippen MR) is 80.2 cm³/mol. The summed E-state index contributed by atoms with van der Waals surface area (Å²) >= 11 is 1.21. The van der Waals surface area contributed by atoms with Crippen molar-refractivity contribution >= 4 is 38.7 Å². The smallest absolute Gasteiger partial charge is 0.345 e. The first-order chi connectivity index (χ1) is 10.7. The number of carboxylic acid groups (broad SMARTS) is 1. The first-order valence-electron chi connectivity index (χ1n) is 6.05. The molecule has 3 rings (SSSR count). The Hall–Kier alpha value is -3.25. The zero-order valence-electron chi connectivity index (χ0n) is 10.9. The summed E-state index contributed by atoms with van der Waals surface area (Å²) in [5.41, 5.74) is 0.948. The predicted octanol–water partition coefficient (Wildman–Crippen LogP) is 2.09. The molecule has 0 aliphatic carbocycles. The van der Waals surface area contributed by atoms with Crippen LogP contribution in [0.2, 0.25) is 0 Å². The van der Waals surface area contributed by atoms with Crippen LogP contribution in [-0.2, 0) is 0 Å². The number of H-pyrrole nitrogens is 1. The number of carbonyl (C=O) groups is 1. The van der Waals surface area contributed by atoms with E-state index >= 15 is 0 Å². The Kier molecular flexibility index (Phi) is 3.51. The van der Waals surface area contributed by atoms with E-state index in [1.54, 1.807) is 18.2 Å². The molecule has 0 unspecified atom stereocenters. The Labute approximate surface area is 127 Å². The second-order valence-corrected chi connectivity index (χ2v) is 5.30. The van der Waals surface area contributed by atoms with Gasteiger partial charge in [0.15, 0.2) is 0 Å². The van der Waals surface area contributed by atoms with Gasteiger partial charge in [-0.25, -0.2) is 4.79 Å². The van der Waals surface area contributed by atoms with E-state index in [-0.39, 0.29) is 16.3 Å². The van der Waals surface area contributed by atoms with Gasteiger partial charge in [0, 0.05) is 16.6 Å². The number of thiophene rings is 1.